The molecule has 0 saturated carbocycles. The lowest BCUT2D eigenvalue weighted by atomic mass is 10.1. The van der Waals surface area contributed by atoms with Crippen LogP contribution in [0.15, 0.2) is 67.0 Å². The number of amides is 1. The van der Waals surface area contributed by atoms with E-state index in [1.807, 2.05) is 59.2 Å². The van der Waals surface area contributed by atoms with Gasteiger partial charge in [0, 0.05) is 68.3 Å². The molecule has 1 amide bonds. The van der Waals surface area contributed by atoms with E-state index in [-0.39, 0.29) is 5.91 Å². The highest BCUT2D eigenvalue weighted by atomic mass is 16.2. The van der Waals surface area contributed by atoms with Gasteiger partial charge in [-0.1, -0.05) is 36.4 Å². The van der Waals surface area contributed by atoms with Crippen LogP contribution in [-0.2, 0) is 20.1 Å². The molecule has 1 N–H and O–H groups in total. The Labute approximate surface area is 183 Å². The number of para-hydroxylation sites is 1. The third kappa shape index (κ3) is 4.13. The number of anilines is 1. The van der Waals surface area contributed by atoms with Crippen molar-refractivity contribution < 1.29 is 4.79 Å². The largest absolute Gasteiger partial charge is 0.311 e. The van der Waals surface area contributed by atoms with E-state index in [9.17, 15) is 4.79 Å². The van der Waals surface area contributed by atoms with Crippen LogP contribution in [0, 0.1) is 0 Å². The first-order valence-electron chi connectivity index (χ1n) is 11.1. The molecule has 160 valence electrons. The van der Waals surface area contributed by atoms with Gasteiger partial charge in [0.2, 0.25) is 0 Å². The number of aromatic nitrogens is 2. The lowest BCUT2D eigenvalue weighted by Gasteiger charge is -2.30. The quantitative estimate of drug-likeness (QED) is 0.695. The fourth-order valence-electron chi connectivity index (χ4n) is 4.98. The molecule has 1 saturated heterocycles. The zero-order valence-electron chi connectivity index (χ0n) is 17.9. The summed E-state index contributed by atoms with van der Waals surface area (Å²) in [6, 6.07) is 18.9. The highest BCUT2D eigenvalue weighted by Gasteiger charge is 2.38. The number of fused-ring (bicyclic) bond motifs is 2. The maximum atomic E-state index is 13.4. The van der Waals surface area contributed by atoms with E-state index in [0.29, 0.717) is 12.1 Å². The first kappa shape index (κ1) is 20.0. The standard InChI is InChI=1S/C25H29N5O/c1-28-16-19(14-27-28)13-26-15-22-11-12-23-18-30(25(31)20-7-3-2-4-8-20)24-10-6-5-9-21(24)17-29(22)23/h2-10,14,16,22-23,26H,11-13,15,17-18H2,1H3/t22-,23+/m1/s1. The Hall–Kier alpha value is -2.96. The molecule has 2 aliphatic rings. The molecule has 0 aliphatic carbocycles. The molecule has 6 nitrogen and oxygen atoms in total. The number of hydrogen-bond donors (Lipinski definition) is 1. The van der Waals surface area contributed by atoms with Gasteiger partial charge in [-0.25, -0.2) is 0 Å². The SMILES string of the molecule is Cn1cc(CNC[C@H]2CC[C@H]3CN(C(=O)c4ccccc4)c4ccccc4CN23)cn1. The lowest BCUT2D eigenvalue weighted by Crippen LogP contribution is -2.45. The molecule has 5 rings (SSSR count). The molecule has 3 aromatic rings. The summed E-state index contributed by atoms with van der Waals surface area (Å²) in [5, 5.41) is 7.87. The minimum Gasteiger partial charge on any atom is -0.311 e. The number of carbonyl (C=O) groups is 1. The number of hydrogen-bond acceptors (Lipinski definition) is 4. The second kappa shape index (κ2) is 8.65. The van der Waals surface area contributed by atoms with E-state index in [0.717, 1.165) is 50.3 Å². The van der Waals surface area contributed by atoms with Crippen LogP contribution in [0.4, 0.5) is 5.69 Å². The molecule has 31 heavy (non-hydrogen) atoms. The van der Waals surface area contributed by atoms with Crippen molar-refractivity contribution >= 4 is 11.6 Å². The van der Waals surface area contributed by atoms with Crippen LogP contribution >= 0.6 is 0 Å². The van der Waals surface area contributed by atoms with E-state index < -0.39 is 0 Å². The highest BCUT2D eigenvalue weighted by Crippen LogP contribution is 2.35. The third-order valence-corrected chi connectivity index (χ3v) is 6.53. The minimum absolute atomic E-state index is 0.0908. The number of aryl methyl sites for hydroxylation is 1. The van der Waals surface area contributed by atoms with E-state index >= 15 is 0 Å². The van der Waals surface area contributed by atoms with Gasteiger partial charge in [-0.15, -0.1) is 0 Å². The fourth-order valence-corrected chi connectivity index (χ4v) is 4.98. The predicted molar refractivity (Wildman–Crippen MR) is 122 cm³/mol. The predicted octanol–water partition coefficient (Wildman–Crippen LogP) is 3.20. The molecule has 2 aromatic carbocycles. The van der Waals surface area contributed by atoms with Crippen molar-refractivity contribution in [2.45, 2.75) is 38.0 Å². The van der Waals surface area contributed by atoms with E-state index in [1.54, 1.807) is 0 Å². The molecule has 0 spiro atoms. The summed E-state index contributed by atoms with van der Waals surface area (Å²) in [6.07, 6.45) is 6.24. The van der Waals surface area contributed by atoms with E-state index in [2.05, 4.69) is 39.7 Å². The van der Waals surface area contributed by atoms with Gasteiger partial charge in [0.1, 0.15) is 0 Å². The van der Waals surface area contributed by atoms with Gasteiger partial charge in [-0.2, -0.15) is 5.10 Å². The minimum atomic E-state index is 0.0908. The molecule has 1 fully saturated rings. The van der Waals surface area contributed by atoms with Gasteiger partial charge in [0.15, 0.2) is 0 Å². The number of nitrogens with zero attached hydrogens (tertiary/aromatic N) is 4. The molecular weight excluding hydrogens is 386 g/mol. The maximum Gasteiger partial charge on any atom is 0.258 e. The summed E-state index contributed by atoms with van der Waals surface area (Å²) in [4.78, 5) is 18.0. The van der Waals surface area contributed by atoms with Gasteiger partial charge >= 0.3 is 0 Å². The summed E-state index contributed by atoms with van der Waals surface area (Å²) in [5.41, 5.74) is 4.23. The summed E-state index contributed by atoms with van der Waals surface area (Å²) >= 11 is 0. The average Bonchev–Trinajstić information content (AvgIpc) is 3.34. The number of rotatable bonds is 5. The van der Waals surface area contributed by atoms with E-state index in [1.165, 1.54) is 11.1 Å². The van der Waals surface area contributed by atoms with Gasteiger partial charge in [-0.05, 0) is 36.6 Å². The van der Waals surface area contributed by atoms with Gasteiger partial charge in [-0.3, -0.25) is 14.4 Å². The van der Waals surface area contributed by atoms with Crippen LogP contribution in [0.5, 0.6) is 0 Å². The normalized spacial score (nSPS) is 20.9. The number of benzene rings is 2. The molecule has 2 aliphatic heterocycles. The van der Waals surface area contributed by atoms with Crippen molar-refractivity contribution in [3.05, 3.63) is 83.7 Å². The topological polar surface area (TPSA) is 53.4 Å². The molecule has 2 atom stereocenters. The Balaban J connectivity index is 1.33. The number of nitrogens with one attached hydrogen (secondary N) is 1. The maximum absolute atomic E-state index is 13.4. The second-order valence-corrected chi connectivity index (χ2v) is 8.62. The zero-order chi connectivity index (χ0) is 21.2. The first-order chi connectivity index (χ1) is 15.2. The smallest absolute Gasteiger partial charge is 0.258 e. The molecular formula is C25H29N5O. The fraction of sp³-hybridized carbons (Fsp3) is 0.360. The average molecular weight is 416 g/mol. The van der Waals surface area contributed by atoms with Crippen LogP contribution in [-0.4, -0.2) is 45.8 Å². The third-order valence-electron chi connectivity index (χ3n) is 6.53. The zero-order valence-corrected chi connectivity index (χ0v) is 17.9. The summed E-state index contributed by atoms with van der Waals surface area (Å²) < 4.78 is 1.84. The second-order valence-electron chi connectivity index (χ2n) is 8.62. The summed E-state index contributed by atoms with van der Waals surface area (Å²) in [7, 11) is 1.95. The Kier molecular flexibility index (Phi) is 5.57. The van der Waals surface area contributed by atoms with Crippen LogP contribution in [0.25, 0.3) is 0 Å². The summed E-state index contributed by atoms with van der Waals surface area (Å²) in [5.74, 6) is 0.0908. The van der Waals surface area contributed by atoms with Crippen molar-refractivity contribution in [1.29, 1.82) is 0 Å². The Morgan fingerprint density at radius 1 is 1.10 bits per heavy atom. The summed E-state index contributed by atoms with van der Waals surface area (Å²) in [6.45, 7) is 3.40. The van der Waals surface area contributed by atoms with Gasteiger partial charge in [0.25, 0.3) is 5.91 Å². The lowest BCUT2D eigenvalue weighted by molar-refractivity contribution is 0.0978. The Bertz CT molecular complexity index is 1050. The highest BCUT2D eigenvalue weighted by molar-refractivity contribution is 6.06. The Morgan fingerprint density at radius 3 is 2.71 bits per heavy atom. The number of carbonyl (C=O) groups excluding carboxylic acids is 1. The van der Waals surface area contributed by atoms with Crippen molar-refractivity contribution in [3.8, 4) is 0 Å². The van der Waals surface area contributed by atoms with Crippen LogP contribution < -0.4 is 10.2 Å². The Morgan fingerprint density at radius 2 is 1.90 bits per heavy atom. The van der Waals surface area contributed by atoms with E-state index in [4.69, 9.17) is 0 Å². The molecule has 0 unspecified atom stereocenters. The molecule has 0 bridgehead atoms. The van der Waals surface area contributed by atoms with Crippen molar-refractivity contribution in [2.75, 3.05) is 18.0 Å². The van der Waals surface area contributed by atoms with Crippen molar-refractivity contribution in [3.63, 3.8) is 0 Å². The monoisotopic (exact) mass is 415 g/mol. The van der Waals surface area contributed by atoms with Crippen LogP contribution in [0.2, 0.25) is 0 Å². The molecule has 1 aromatic heterocycles. The molecule has 6 heteroatoms. The molecule has 3 heterocycles. The first-order valence-corrected chi connectivity index (χ1v) is 11.1. The van der Waals surface area contributed by atoms with Gasteiger partial charge in [0.05, 0.1) is 6.20 Å². The molecule has 0 radical (unpaired) electrons. The van der Waals surface area contributed by atoms with Crippen molar-refractivity contribution in [2.24, 2.45) is 7.05 Å². The van der Waals surface area contributed by atoms with Crippen LogP contribution in [0.3, 0.4) is 0 Å². The van der Waals surface area contributed by atoms with Gasteiger partial charge < -0.3 is 10.2 Å². The van der Waals surface area contributed by atoms with Crippen molar-refractivity contribution in [1.82, 2.24) is 20.0 Å². The van der Waals surface area contributed by atoms with Crippen LogP contribution in [0.1, 0.15) is 34.3 Å².